The Balaban J connectivity index is 2.01. The first-order valence-electron chi connectivity index (χ1n) is 10.2. The molecule has 2 aromatic carbocycles. The third-order valence-corrected chi connectivity index (χ3v) is 5.76. The smallest absolute Gasteiger partial charge is 0.119 e. The number of hydrogen-bond acceptors (Lipinski definition) is 4. The highest BCUT2D eigenvalue weighted by Crippen LogP contribution is 2.33. The quantitative estimate of drug-likeness (QED) is 0.514. The number of aliphatic hydroxyl groups is 2. The Morgan fingerprint density at radius 3 is 1.69 bits per heavy atom. The topological polar surface area (TPSA) is 58.9 Å². The molecule has 3 unspecified atom stereocenters. The number of rotatable bonds is 11. The van der Waals surface area contributed by atoms with Crippen molar-refractivity contribution in [1.29, 1.82) is 0 Å². The van der Waals surface area contributed by atoms with Gasteiger partial charge in [0.15, 0.2) is 0 Å². The van der Waals surface area contributed by atoms with Crippen LogP contribution in [0.2, 0.25) is 0 Å². The molecule has 0 saturated heterocycles. The number of halogens is 1. The molecular weight excluding hydrogens is 388 g/mol. The molecular formula is C24H33ClO4. The van der Waals surface area contributed by atoms with Crippen molar-refractivity contribution in [3.8, 4) is 11.5 Å². The van der Waals surface area contributed by atoms with E-state index in [-0.39, 0.29) is 12.0 Å². The van der Waals surface area contributed by atoms with Crippen LogP contribution in [-0.2, 0) is 5.41 Å². The van der Waals surface area contributed by atoms with E-state index in [2.05, 4.69) is 32.9 Å². The Bertz CT molecular complexity index is 728. The van der Waals surface area contributed by atoms with Gasteiger partial charge >= 0.3 is 0 Å². The number of aliphatic hydroxyl groups excluding tert-OH is 2. The second kappa shape index (κ2) is 10.9. The average molecular weight is 421 g/mol. The van der Waals surface area contributed by atoms with Gasteiger partial charge in [0.25, 0.3) is 0 Å². The van der Waals surface area contributed by atoms with E-state index in [0.29, 0.717) is 30.6 Å². The summed E-state index contributed by atoms with van der Waals surface area (Å²) in [4.78, 5) is 0. The van der Waals surface area contributed by atoms with Gasteiger partial charge in [0.1, 0.15) is 24.2 Å². The standard InChI is InChI=1S/C24H33ClO4/c1-5-22(26)23(27)16-29-21-12-8-19(9-13-21)24(3,4)18-6-10-20(11-7-18)28-15-17(2)14-25/h6-13,17,22-23,26-27H,5,14-16H2,1-4H3. The fourth-order valence-corrected chi connectivity index (χ4v) is 3.04. The molecule has 0 aliphatic heterocycles. The molecule has 5 heteroatoms. The van der Waals surface area contributed by atoms with Crippen LogP contribution in [0.15, 0.2) is 48.5 Å². The predicted molar refractivity (Wildman–Crippen MR) is 118 cm³/mol. The van der Waals surface area contributed by atoms with E-state index in [4.69, 9.17) is 21.1 Å². The lowest BCUT2D eigenvalue weighted by Gasteiger charge is -2.26. The molecule has 0 fully saturated rings. The van der Waals surface area contributed by atoms with Crippen LogP contribution in [0.4, 0.5) is 0 Å². The van der Waals surface area contributed by atoms with E-state index in [1.54, 1.807) is 0 Å². The minimum Gasteiger partial charge on any atom is -0.493 e. The molecule has 0 aromatic heterocycles. The van der Waals surface area contributed by atoms with Crippen molar-refractivity contribution in [2.75, 3.05) is 19.1 Å². The summed E-state index contributed by atoms with van der Waals surface area (Å²) in [6.07, 6.45) is -1.16. The highest BCUT2D eigenvalue weighted by molar-refractivity contribution is 6.18. The normalized spacial score (nSPS) is 14.9. The molecule has 0 aliphatic carbocycles. The molecule has 2 aromatic rings. The van der Waals surface area contributed by atoms with Crippen LogP contribution < -0.4 is 9.47 Å². The summed E-state index contributed by atoms with van der Waals surface area (Å²) in [7, 11) is 0. The third-order valence-electron chi connectivity index (χ3n) is 5.23. The minimum atomic E-state index is -0.885. The molecule has 0 spiro atoms. The maximum absolute atomic E-state index is 9.82. The van der Waals surface area contributed by atoms with Crippen molar-refractivity contribution in [3.63, 3.8) is 0 Å². The fraction of sp³-hybridized carbons (Fsp3) is 0.500. The van der Waals surface area contributed by atoms with Gasteiger partial charge in [0, 0.05) is 17.2 Å². The van der Waals surface area contributed by atoms with Crippen molar-refractivity contribution in [2.24, 2.45) is 5.92 Å². The largest absolute Gasteiger partial charge is 0.493 e. The Kier molecular flexibility index (Phi) is 8.81. The van der Waals surface area contributed by atoms with Crippen LogP contribution in [0, 0.1) is 5.92 Å². The highest BCUT2D eigenvalue weighted by atomic mass is 35.5. The highest BCUT2D eigenvalue weighted by Gasteiger charge is 2.23. The maximum atomic E-state index is 9.82. The third kappa shape index (κ3) is 6.63. The van der Waals surface area contributed by atoms with Crippen molar-refractivity contribution in [1.82, 2.24) is 0 Å². The fourth-order valence-electron chi connectivity index (χ4n) is 2.95. The Morgan fingerprint density at radius 1 is 0.828 bits per heavy atom. The van der Waals surface area contributed by atoms with E-state index in [1.165, 1.54) is 5.56 Å². The minimum absolute atomic E-state index is 0.0710. The summed E-state index contributed by atoms with van der Waals surface area (Å²) >= 11 is 5.83. The van der Waals surface area contributed by atoms with Crippen LogP contribution in [0.25, 0.3) is 0 Å². The molecule has 0 radical (unpaired) electrons. The first kappa shape index (κ1) is 23.5. The Morgan fingerprint density at radius 2 is 1.28 bits per heavy atom. The Labute approximate surface area is 179 Å². The summed E-state index contributed by atoms with van der Waals surface area (Å²) in [6.45, 7) is 8.92. The number of benzene rings is 2. The number of alkyl halides is 1. The van der Waals surface area contributed by atoms with Crippen LogP contribution in [0.1, 0.15) is 45.2 Å². The summed E-state index contributed by atoms with van der Waals surface area (Å²) < 4.78 is 11.4. The van der Waals surface area contributed by atoms with Gasteiger partial charge in [-0.15, -0.1) is 11.6 Å². The van der Waals surface area contributed by atoms with Gasteiger partial charge in [-0.05, 0) is 41.8 Å². The summed E-state index contributed by atoms with van der Waals surface area (Å²) in [5, 5.41) is 19.5. The van der Waals surface area contributed by atoms with Crippen molar-refractivity contribution in [3.05, 3.63) is 59.7 Å². The molecule has 0 saturated carbocycles. The maximum Gasteiger partial charge on any atom is 0.119 e. The molecule has 0 bridgehead atoms. The van der Waals surface area contributed by atoms with Crippen LogP contribution in [0.5, 0.6) is 11.5 Å². The van der Waals surface area contributed by atoms with Gasteiger partial charge in [-0.2, -0.15) is 0 Å². The molecule has 29 heavy (non-hydrogen) atoms. The van der Waals surface area contributed by atoms with Gasteiger partial charge in [-0.25, -0.2) is 0 Å². The zero-order valence-electron chi connectivity index (χ0n) is 17.8. The second-order valence-electron chi connectivity index (χ2n) is 8.10. The van der Waals surface area contributed by atoms with Crippen molar-refractivity contribution < 1.29 is 19.7 Å². The van der Waals surface area contributed by atoms with Crippen LogP contribution in [0.3, 0.4) is 0 Å². The molecule has 0 amide bonds. The first-order chi connectivity index (χ1) is 13.8. The molecule has 0 heterocycles. The van der Waals surface area contributed by atoms with Crippen molar-refractivity contribution >= 4 is 11.6 Å². The van der Waals surface area contributed by atoms with Gasteiger partial charge in [-0.3, -0.25) is 0 Å². The summed E-state index contributed by atoms with van der Waals surface area (Å²) in [6, 6.07) is 16.0. The SMILES string of the molecule is CCC(O)C(O)COc1ccc(C(C)(C)c2ccc(OCC(C)CCl)cc2)cc1. The number of ether oxygens (including phenoxy) is 2. The summed E-state index contributed by atoms with van der Waals surface area (Å²) in [5.74, 6) is 2.42. The molecule has 4 nitrogen and oxygen atoms in total. The zero-order valence-corrected chi connectivity index (χ0v) is 18.5. The van der Waals surface area contributed by atoms with Crippen LogP contribution in [-0.4, -0.2) is 41.5 Å². The Hall–Kier alpha value is -1.75. The first-order valence-corrected chi connectivity index (χ1v) is 10.7. The predicted octanol–water partition coefficient (Wildman–Crippen LogP) is 4.78. The summed E-state index contributed by atoms with van der Waals surface area (Å²) in [5.41, 5.74) is 2.16. The van der Waals surface area contributed by atoms with Gasteiger partial charge in [0.2, 0.25) is 0 Å². The van der Waals surface area contributed by atoms with Crippen molar-refractivity contribution in [2.45, 2.75) is 51.7 Å². The van der Waals surface area contributed by atoms with E-state index in [1.807, 2.05) is 43.3 Å². The van der Waals surface area contributed by atoms with E-state index < -0.39 is 12.2 Å². The van der Waals surface area contributed by atoms with E-state index in [0.717, 1.165) is 11.3 Å². The van der Waals surface area contributed by atoms with E-state index >= 15 is 0 Å². The zero-order chi connectivity index (χ0) is 21.4. The van der Waals surface area contributed by atoms with E-state index in [9.17, 15) is 10.2 Å². The van der Waals surface area contributed by atoms with Gasteiger partial charge in [-0.1, -0.05) is 52.0 Å². The average Bonchev–Trinajstić information content (AvgIpc) is 2.75. The molecule has 160 valence electrons. The number of hydrogen-bond donors (Lipinski definition) is 2. The molecule has 2 rings (SSSR count). The van der Waals surface area contributed by atoms with Gasteiger partial charge in [0.05, 0.1) is 12.7 Å². The molecule has 3 atom stereocenters. The van der Waals surface area contributed by atoms with Crippen LogP contribution >= 0.6 is 11.6 Å². The second-order valence-corrected chi connectivity index (χ2v) is 8.41. The molecule has 2 N–H and O–H groups in total. The monoisotopic (exact) mass is 420 g/mol. The lowest BCUT2D eigenvalue weighted by molar-refractivity contribution is -0.00907. The lowest BCUT2D eigenvalue weighted by Crippen LogP contribution is -2.31. The lowest BCUT2D eigenvalue weighted by atomic mass is 9.78. The van der Waals surface area contributed by atoms with Gasteiger partial charge < -0.3 is 19.7 Å². The molecule has 0 aliphatic rings.